The van der Waals surface area contributed by atoms with E-state index in [0.717, 1.165) is 5.56 Å². The van der Waals surface area contributed by atoms with Crippen LogP contribution >= 0.6 is 0 Å². The minimum Gasteiger partial charge on any atom is -0.388 e. The first-order valence-corrected chi connectivity index (χ1v) is 6.66. The first-order valence-electron chi connectivity index (χ1n) is 6.66. The highest BCUT2D eigenvalue weighted by atomic mass is 16.6. The average Bonchev–Trinajstić information content (AvgIpc) is 2.43. The predicted molar refractivity (Wildman–Crippen MR) is 71.8 cm³/mol. The zero-order valence-electron chi connectivity index (χ0n) is 11.5. The van der Waals surface area contributed by atoms with E-state index in [0.29, 0.717) is 19.8 Å². The molecule has 0 spiro atoms. The van der Waals surface area contributed by atoms with Crippen LogP contribution < -0.4 is 0 Å². The molecule has 4 atom stereocenters. The molecule has 1 heterocycles. The van der Waals surface area contributed by atoms with E-state index in [1.165, 1.54) is 0 Å². The summed E-state index contributed by atoms with van der Waals surface area (Å²) in [7, 11) is 1.62. The lowest BCUT2D eigenvalue weighted by atomic mass is 9.94. The molecule has 0 bridgehead atoms. The third kappa shape index (κ3) is 3.76. The van der Waals surface area contributed by atoms with Crippen LogP contribution in [0.25, 0.3) is 0 Å². The van der Waals surface area contributed by atoms with Crippen LogP contribution in [0.2, 0.25) is 0 Å². The van der Waals surface area contributed by atoms with Gasteiger partial charge in [0.1, 0.15) is 12.2 Å². The van der Waals surface area contributed by atoms with Gasteiger partial charge < -0.3 is 19.3 Å². The summed E-state index contributed by atoms with van der Waals surface area (Å²) < 4.78 is 16.6. The van der Waals surface area contributed by atoms with Crippen LogP contribution in [0.3, 0.4) is 0 Å². The Morgan fingerprint density at radius 1 is 1.32 bits per heavy atom. The minimum atomic E-state index is -0.635. The Kier molecular flexibility index (Phi) is 5.34. The fourth-order valence-electron chi connectivity index (χ4n) is 2.40. The van der Waals surface area contributed by atoms with Crippen LogP contribution in [0, 0.1) is 5.92 Å². The summed E-state index contributed by atoms with van der Waals surface area (Å²) in [6.45, 7) is 3.51. The molecule has 1 saturated heterocycles. The highest BCUT2D eigenvalue weighted by Crippen LogP contribution is 2.22. The molecule has 1 N–H and O–H groups in total. The number of methoxy groups -OCH3 is 1. The van der Waals surface area contributed by atoms with Crippen LogP contribution in [-0.4, -0.2) is 43.7 Å². The summed E-state index contributed by atoms with van der Waals surface area (Å²) in [5.41, 5.74) is 1.12. The highest BCUT2D eigenvalue weighted by molar-refractivity contribution is 5.13. The second-order valence-corrected chi connectivity index (χ2v) is 5.04. The van der Waals surface area contributed by atoms with Gasteiger partial charge in [0.15, 0.2) is 0 Å². The predicted octanol–water partition coefficient (Wildman–Crippen LogP) is 1.61. The molecule has 1 aliphatic heterocycles. The molecule has 1 aromatic rings. The maximum atomic E-state index is 10.2. The van der Waals surface area contributed by atoms with Gasteiger partial charge in [0.2, 0.25) is 0 Å². The van der Waals surface area contributed by atoms with Crippen molar-refractivity contribution in [1.82, 2.24) is 0 Å². The summed E-state index contributed by atoms with van der Waals surface area (Å²) in [6, 6.07) is 9.96. The summed E-state index contributed by atoms with van der Waals surface area (Å²) in [5.74, 6) is 0.199. The van der Waals surface area contributed by atoms with Crippen molar-refractivity contribution in [1.29, 1.82) is 0 Å². The first kappa shape index (κ1) is 14.5. The van der Waals surface area contributed by atoms with Crippen LogP contribution in [0.15, 0.2) is 30.3 Å². The zero-order valence-corrected chi connectivity index (χ0v) is 11.5. The van der Waals surface area contributed by atoms with E-state index >= 15 is 0 Å². The van der Waals surface area contributed by atoms with E-state index < -0.39 is 6.10 Å². The lowest BCUT2D eigenvalue weighted by Gasteiger charge is -2.37. The number of ether oxygens (including phenoxy) is 3. The molecule has 1 aromatic carbocycles. The van der Waals surface area contributed by atoms with Crippen molar-refractivity contribution in [3.05, 3.63) is 35.9 Å². The molecule has 2 rings (SSSR count). The Morgan fingerprint density at radius 3 is 2.74 bits per heavy atom. The van der Waals surface area contributed by atoms with Gasteiger partial charge >= 0.3 is 0 Å². The van der Waals surface area contributed by atoms with Crippen molar-refractivity contribution in [3.63, 3.8) is 0 Å². The third-order valence-corrected chi connectivity index (χ3v) is 3.52. The lowest BCUT2D eigenvalue weighted by Crippen LogP contribution is -2.51. The Balaban J connectivity index is 1.79. The molecule has 106 valence electrons. The molecule has 19 heavy (non-hydrogen) atoms. The van der Waals surface area contributed by atoms with E-state index in [4.69, 9.17) is 14.2 Å². The van der Waals surface area contributed by atoms with Crippen molar-refractivity contribution < 1.29 is 19.3 Å². The lowest BCUT2D eigenvalue weighted by molar-refractivity contribution is -0.186. The highest BCUT2D eigenvalue weighted by Gasteiger charge is 2.37. The first-order chi connectivity index (χ1) is 9.22. The minimum absolute atomic E-state index is 0.181. The molecular formula is C15H22O4. The molecule has 1 fully saturated rings. The van der Waals surface area contributed by atoms with Crippen molar-refractivity contribution in [2.24, 2.45) is 5.92 Å². The van der Waals surface area contributed by atoms with Gasteiger partial charge in [-0.3, -0.25) is 0 Å². The monoisotopic (exact) mass is 266 g/mol. The van der Waals surface area contributed by atoms with E-state index in [9.17, 15) is 5.11 Å². The molecular weight excluding hydrogens is 244 g/mol. The zero-order chi connectivity index (χ0) is 13.7. The Morgan fingerprint density at radius 2 is 2.05 bits per heavy atom. The number of hydrogen-bond donors (Lipinski definition) is 1. The summed E-state index contributed by atoms with van der Waals surface area (Å²) in [5, 5.41) is 10.2. The van der Waals surface area contributed by atoms with E-state index in [1.807, 2.05) is 37.3 Å². The fourth-order valence-corrected chi connectivity index (χ4v) is 2.40. The Hall–Kier alpha value is -0.940. The number of benzene rings is 1. The molecule has 4 heteroatoms. The standard InChI is InChI=1S/C15H22O4/c1-11-8-19-13(14(16)15(11)17-2)10-18-9-12-6-4-3-5-7-12/h3-7,11,13-16H,8-10H2,1-2H3/t11-,13-,14-,15-/m0/s1. The largest absolute Gasteiger partial charge is 0.388 e. The van der Waals surface area contributed by atoms with Crippen LogP contribution in [0.4, 0.5) is 0 Å². The normalized spacial score (nSPS) is 31.3. The molecule has 0 amide bonds. The maximum Gasteiger partial charge on any atom is 0.109 e. The second-order valence-electron chi connectivity index (χ2n) is 5.04. The second kappa shape index (κ2) is 7.01. The molecule has 0 aromatic heterocycles. The molecule has 0 unspecified atom stereocenters. The van der Waals surface area contributed by atoms with Crippen molar-refractivity contribution in [3.8, 4) is 0 Å². The quantitative estimate of drug-likeness (QED) is 0.879. The Bertz CT molecular complexity index is 368. The van der Waals surface area contributed by atoms with Crippen LogP contribution in [-0.2, 0) is 20.8 Å². The third-order valence-electron chi connectivity index (χ3n) is 3.52. The summed E-state index contributed by atoms with van der Waals surface area (Å²) >= 11 is 0. The molecule has 0 radical (unpaired) electrons. The van der Waals surface area contributed by atoms with Crippen LogP contribution in [0.5, 0.6) is 0 Å². The van der Waals surface area contributed by atoms with Gasteiger partial charge in [0.25, 0.3) is 0 Å². The number of hydrogen-bond acceptors (Lipinski definition) is 4. The van der Waals surface area contributed by atoms with E-state index in [2.05, 4.69) is 0 Å². The van der Waals surface area contributed by atoms with Crippen molar-refractivity contribution in [2.75, 3.05) is 20.3 Å². The maximum absolute atomic E-state index is 10.2. The number of rotatable bonds is 5. The Labute approximate surface area is 114 Å². The van der Waals surface area contributed by atoms with Crippen molar-refractivity contribution >= 4 is 0 Å². The number of aliphatic hydroxyl groups is 1. The van der Waals surface area contributed by atoms with Gasteiger partial charge in [-0.15, -0.1) is 0 Å². The van der Waals surface area contributed by atoms with Gasteiger partial charge in [-0.25, -0.2) is 0 Å². The van der Waals surface area contributed by atoms with Gasteiger partial charge in [0.05, 0.1) is 25.9 Å². The number of aliphatic hydroxyl groups excluding tert-OH is 1. The van der Waals surface area contributed by atoms with E-state index in [-0.39, 0.29) is 18.1 Å². The smallest absolute Gasteiger partial charge is 0.109 e. The molecule has 4 nitrogen and oxygen atoms in total. The fraction of sp³-hybridized carbons (Fsp3) is 0.600. The van der Waals surface area contributed by atoms with Gasteiger partial charge in [-0.1, -0.05) is 37.3 Å². The summed E-state index contributed by atoms with van der Waals surface area (Å²) in [4.78, 5) is 0. The van der Waals surface area contributed by atoms with Crippen LogP contribution in [0.1, 0.15) is 12.5 Å². The van der Waals surface area contributed by atoms with Gasteiger partial charge in [0, 0.05) is 13.0 Å². The van der Waals surface area contributed by atoms with Gasteiger partial charge in [-0.2, -0.15) is 0 Å². The SMILES string of the molecule is CO[C@@H]1[C@@H](O)[C@H](COCc2ccccc2)OC[C@@H]1C. The van der Waals surface area contributed by atoms with E-state index in [1.54, 1.807) is 7.11 Å². The summed E-state index contributed by atoms with van der Waals surface area (Å²) in [6.07, 6.45) is -1.13. The molecule has 0 aliphatic carbocycles. The van der Waals surface area contributed by atoms with Gasteiger partial charge in [-0.05, 0) is 5.56 Å². The molecule has 1 aliphatic rings. The average molecular weight is 266 g/mol. The molecule has 0 saturated carbocycles. The topological polar surface area (TPSA) is 47.9 Å². The van der Waals surface area contributed by atoms with Crippen molar-refractivity contribution in [2.45, 2.75) is 31.8 Å².